The topological polar surface area (TPSA) is 12.5 Å². The lowest BCUT2D eigenvalue weighted by Crippen LogP contribution is -2.22. The molecule has 0 amide bonds. The van der Waals surface area contributed by atoms with Crippen LogP contribution in [0.15, 0.2) is 18.2 Å². The van der Waals surface area contributed by atoms with Crippen molar-refractivity contribution in [3.63, 3.8) is 0 Å². The summed E-state index contributed by atoms with van der Waals surface area (Å²) in [4.78, 5) is 2.44. The van der Waals surface area contributed by atoms with Crippen molar-refractivity contribution >= 4 is 12.4 Å². The van der Waals surface area contributed by atoms with Gasteiger partial charge in [0.25, 0.3) is 0 Å². The summed E-state index contributed by atoms with van der Waals surface area (Å²) in [6, 6.07) is 6.55. The van der Waals surface area contributed by atoms with Crippen LogP contribution in [-0.2, 0) is 24.5 Å². The molecule has 0 saturated carbocycles. The Morgan fingerprint density at radius 2 is 1.94 bits per heavy atom. The summed E-state index contributed by atoms with van der Waals surface area (Å²) in [5.74, 6) is 0. The highest BCUT2D eigenvalue weighted by atomic mass is 35.5. The van der Waals surface area contributed by atoms with Crippen LogP contribution >= 0.6 is 12.4 Å². The molecule has 90 valence electrons. The first-order chi connectivity index (χ1) is 7.35. The summed E-state index contributed by atoms with van der Waals surface area (Å²) in [7, 11) is 0. The predicted molar refractivity (Wildman–Crippen MR) is 68.8 cm³/mol. The van der Waals surface area contributed by atoms with Crippen molar-refractivity contribution < 1.29 is 4.74 Å². The maximum Gasteiger partial charge on any atom is 0.0728 e. The minimum atomic E-state index is 0. The van der Waals surface area contributed by atoms with E-state index in [0.29, 0.717) is 0 Å². The molecule has 0 spiro atoms. The fraction of sp³-hybridized carbons (Fsp3) is 0.538. The van der Waals surface area contributed by atoms with Crippen LogP contribution in [0.1, 0.15) is 30.5 Å². The highest BCUT2D eigenvalue weighted by molar-refractivity contribution is 5.85. The fourth-order valence-electron chi connectivity index (χ4n) is 2.11. The first kappa shape index (κ1) is 13.5. The Morgan fingerprint density at radius 3 is 2.62 bits per heavy atom. The highest BCUT2D eigenvalue weighted by Crippen LogP contribution is 2.24. The van der Waals surface area contributed by atoms with Gasteiger partial charge in [-0.25, -0.2) is 0 Å². The molecule has 2 rings (SSSR count). The van der Waals surface area contributed by atoms with Gasteiger partial charge >= 0.3 is 0 Å². The maximum atomic E-state index is 5.49. The van der Waals surface area contributed by atoms with Gasteiger partial charge in [-0.15, -0.1) is 12.4 Å². The van der Waals surface area contributed by atoms with E-state index in [-0.39, 0.29) is 12.4 Å². The van der Waals surface area contributed by atoms with Crippen LogP contribution in [0.3, 0.4) is 0 Å². The number of rotatable bonds is 4. The van der Waals surface area contributed by atoms with E-state index in [2.05, 4.69) is 36.9 Å². The molecule has 0 aliphatic carbocycles. The van der Waals surface area contributed by atoms with Gasteiger partial charge in [0.05, 0.1) is 13.2 Å². The van der Waals surface area contributed by atoms with E-state index in [1.165, 1.54) is 16.7 Å². The molecule has 0 unspecified atom stereocenters. The summed E-state index contributed by atoms with van der Waals surface area (Å²) >= 11 is 0. The van der Waals surface area contributed by atoms with Crippen molar-refractivity contribution in [2.45, 2.75) is 33.6 Å². The molecular formula is C13H20ClNO. The Hall–Kier alpha value is -0.570. The Kier molecular flexibility index (Phi) is 5.26. The predicted octanol–water partition coefficient (Wildman–Crippen LogP) is 2.98. The van der Waals surface area contributed by atoms with Crippen molar-refractivity contribution in [2.75, 3.05) is 13.1 Å². The molecule has 0 atom stereocenters. The lowest BCUT2D eigenvalue weighted by molar-refractivity contribution is 0.134. The normalized spacial score (nSPS) is 13.7. The zero-order valence-electron chi connectivity index (χ0n) is 10.0. The van der Waals surface area contributed by atoms with Gasteiger partial charge in [-0.2, -0.15) is 0 Å². The van der Waals surface area contributed by atoms with Gasteiger partial charge in [0.2, 0.25) is 0 Å². The fourth-order valence-corrected chi connectivity index (χ4v) is 2.11. The maximum absolute atomic E-state index is 5.49. The van der Waals surface area contributed by atoms with Crippen molar-refractivity contribution in [3.05, 3.63) is 34.9 Å². The van der Waals surface area contributed by atoms with E-state index in [1.807, 2.05) is 0 Å². The Morgan fingerprint density at radius 1 is 1.19 bits per heavy atom. The quantitative estimate of drug-likeness (QED) is 0.804. The minimum Gasteiger partial charge on any atom is -0.372 e. The molecule has 0 aromatic heterocycles. The second-order valence-electron chi connectivity index (χ2n) is 4.01. The zero-order chi connectivity index (χ0) is 10.7. The second-order valence-corrected chi connectivity index (χ2v) is 4.01. The molecule has 3 heteroatoms. The number of ether oxygens (including phenoxy) is 1. The molecule has 0 bridgehead atoms. The molecule has 1 heterocycles. The van der Waals surface area contributed by atoms with Crippen molar-refractivity contribution in [1.82, 2.24) is 4.90 Å². The summed E-state index contributed by atoms with van der Waals surface area (Å²) in [6.07, 6.45) is 0. The van der Waals surface area contributed by atoms with E-state index >= 15 is 0 Å². The van der Waals surface area contributed by atoms with Crippen LogP contribution in [0.2, 0.25) is 0 Å². The summed E-state index contributed by atoms with van der Waals surface area (Å²) in [6.45, 7) is 9.29. The van der Waals surface area contributed by atoms with Crippen LogP contribution < -0.4 is 0 Å². The van der Waals surface area contributed by atoms with Crippen molar-refractivity contribution in [2.24, 2.45) is 0 Å². The second kappa shape index (κ2) is 6.24. The van der Waals surface area contributed by atoms with Gasteiger partial charge in [-0.3, -0.25) is 4.90 Å². The Labute approximate surface area is 104 Å². The van der Waals surface area contributed by atoms with Crippen LogP contribution in [0.25, 0.3) is 0 Å². The largest absolute Gasteiger partial charge is 0.372 e. The average molecular weight is 242 g/mol. The first-order valence-electron chi connectivity index (χ1n) is 5.74. The summed E-state index contributed by atoms with van der Waals surface area (Å²) < 4.78 is 5.49. The van der Waals surface area contributed by atoms with Crippen LogP contribution in [0.5, 0.6) is 0 Å². The van der Waals surface area contributed by atoms with Crippen molar-refractivity contribution in [3.8, 4) is 0 Å². The van der Waals surface area contributed by atoms with Crippen LogP contribution in [0, 0.1) is 0 Å². The van der Waals surface area contributed by atoms with Gasteiger partial charge in [0.15, 0.2) is 0 Å². The molecule has 0 saturated heterocycles. The van der Waals surface area contributed by atoms with E-state index < -0.39 is 0 Å². The Balaban J connectivity index is 0.00000128. The molecule has 1 aliphatic heterocycles. The minimum absolute atomic E-state index is 0. The van der Waals surface area contributed by atoms with Crippen LogP contribution in [-0.4, -0.2) is 18.0 Å². The van der Waals surface area contributed by atoms with Crippen LogP contribution in [0.4, 0.5) is 0 Å². The van der Waals surface area contributed by atoms with E-state index in [4.69, 9.17) is 4.74 Å². The summed E-state index contributed by atoms with van der Waals surface area (Å²) in [5, 5.41) is 0. The number of fused-ring (bicyclic) bond motifs is 1. The molecule has 1 aromatic carbocycles. The molecule has 0 radical (unpaired) electrons. The monoisotopic (exact) mass is 241 g/mol. The highest BCUT2D eigenvalue weighted by Gasteiger charge is 2.15. The molecular weight excluding hydrogens is 222 g/mol. The molecule has 16 heavy (non-hydrogen) atoms. The number of halogens is 1. The number of benzene rings is 1. The molecule has 1 aliphatic rings. The molecule has 0 N–H and O–H groups in total. The lowest BCUT2D eigenvalue weighted by Gasteiger charge is -2.19. The first-order valence-corrected chi connectivity index (χ1v) is 5.74. The standard InChI is InChI=1S/C13H19NO.ClH/c1-3-14(4-2)8-11-6-5-7-12-9-15-10-13(11)12;/h5-7H,3-4,8-10H2,1-2H3;1H. The van der Waals surface area contributed by atoms with E-state index in [1.54, 1.807) is 0 Å². The lowest BCUT2D eigenvalue weighted by atomic mass is 10.0. The molecule has 0 fully saturated rings. The SMILES string of the molecule is CCN(CC)Cc1cccc2c1COC2.Cl. The van der Waals surface area contributed by atoms with Gasteiger partial charge in [0.1, 0.15) is 0 Å². The molecule has 2 nitrogen and oxygen atoms in total. The third-order valence-corrected chi connectivity index (χ3v) is 3.16. The number of nitrogens with zero attached hydrogens (tertiary/aromatic N) is 1. The number of hydrogen-bond donors (Lipinski definition) is 0. The zero-order valence-corrected chi connectivity index (χ0v) is 10.8. The third kappa shape index (κ3) is 2.76. The van der Waals surface area contributed by atoms with E-state index in [0.717, 1.165) is 32.8 Å². The van der Waals surface area contributed by atoms with Gasteiger partial charge in [0, 0.05) is 6.54 Å². The van der Waals surface area contributed by atoms with Gasteiger partial charge in [-0.1, -0.05) is 32.0 Å². The Bertz CT molecular complexity index is 337. The summed E-state index contributed by atoms with van der Waals surface area (Å²) in [5.41, 5.74) is 4.23. The third-order valence-electron chi connectivity index (χ3n) is 3.16. The van der Waals surface area contributed by atoms with E-state index in [9.17, 15) is 0 Å². The average Bonchev–Trinajstić information content (AvgIpc) is 2.74. The van der Waals surface area contributed by atoms with Crippen molar-refractivity contribution in [1.29, 1.82) is 0 Å². The van der Waals surface area contributed by atoms with Gasteiger partial charge < -0.3 is 4.74 Å². The van der Waals surface area contributed by atoms with Gasteiger partial charge in [-0.05, 0) is 29.8 Å². The number of hydrogen-bond acceptors (Lipinski definition) is 2. The molecule has 1 aromatic rings. The smallest absolute Gasteiger partial charge is 0.0728 e.